The van der Waals surface area contributed by atoms with Crippen LogP contribution in [0.1, 0.15) is 22.8 Å². The number of benzene rings is 2. The van der Waals surface area contributed by atoms with Crippen molar-refractivity contribution in [2.75, 3.05) is 5.75 Å². The van der Waals surface area contributed by atoms with Gasteiger partial charge in [-0.3, -0.25) is 0 Å². The van der Waals surface area contributed by atoms with Gasteiger partial charge >= 0.3 is 0 Å². The van der Waals surface area contributed by atoms with Gasteiger partial charge < -0.3 is 5.11 Å². The van der Waals surface area contributed by atoms with E-state index in [1.165, 1.54) is 30.0 Å². The highest BCUT2D eigenvalue weighted by Gasteiger charge is 2.16. The summed E-state index contributed by atoms with van der Waals surface area (Å²) in [6.45, 7) is 3.61. The largest absolute Gasteiger partial charge is 0.387 e. The summed E-state index contributed by atoms with van der Waals surface area (Å²) in [5.41, 5.74) is 1.92. The van der Waals surface area contributed by atoms with Crippen molar-refractivity contribution in [3.8, 4) is 0 Å². The molecule has 0 bridgehead atoms. The topological polar surface area (TPSA) is 20.2 Å². The highest BCUT2D eigenvalue weighted by molar-refractivity contribution is 7.99. The smallest absolute Gasteiger partial charge is 0.129 e. The maximum atomic E-state index is 13.9. The summed E-state index contributed by atoms with van der Waals surface area (Å²) in [7, 11) is 0. The predicted molar refractivity (Wildman–Crippen MR) is 78.0 cm³/mol. The first-order chi connectivity index (χ1) is 9.47. The van der Waals surface area contributed by atoms with Gasteiger partial charge in [-0.2, -0.15) is 0 Å². The number of rotatable bonds is 4. The van der Waals surface area contributed by atoms with Crippen LogP contribution in [0.2, 0.25) is 0 Å². The second-order valence-corrected chi connectivity index (χ2v) is 5.85. The summed E-state index contributed by atoms with van der Waals surface area (Å²) >= 11 is 1.37. The second-order valence-electron chi connectivity index (χ2n) is 4.76. The Morgan fingerprint density at radius 1 is 1.10 bits per heavy atom. The first kappa shape index (κ1) is 15.0. The molecule has 106 valence electrons. The maximum absolute atomic E-state index is 13.9. The molecule has 0 saturated heterocycles. The lowest BCUT2D eigenvalue weighted by atomic mass is 10.0. The fourth-order valence-electron chi connectivity index (χ4n) is 2.14. The Balaban J connectivity index is 2.09. The minimum Gasteiger partial charge on any atom is -0.387 e. The minimum atomic E-state index is -0.884. The van der Waals surface area contributed by atoms with Crippen LogP contribution in [0.15, 0.2) is 41.3 Å². The van der Waals surface area contributed by atoms with Gasteiger partial charge in [0.25, 0.3) is 0 Å². The third kappa shape index (κ3) is 3.58. The van der Waals surface area contributed by atoms with E-state index in [0.717, 1.165) is 16.0 Å². The molecule has 0 aliphatic heterocycles. The van der Waals surface area contributed by atoms with Crippen molar-refractivity contribution in [3.63, 3.8) is 0 Å². The van der Waals surface area contributed by atoms with Gasteiger partial charge in [-0.05, 0) is 55.3 Å². The number of thioether (sulfide) groups is 1. The van der Waals surface area contributed by atoms with Crippen LogP contribution in [-0.4, -0.2) is 10.9 Å². The molecule has 0 heterocycles. The molecule has 20 heavy (non-hydrogen) atoms. The van der Waals surface area contributed by atoms with Crippen LogP contribution < -0.4 is 0 Å². The Morgan fingerprint density at radius 2 is 1.75 bits per heavy atom. The molecule has 2 rings (SSSR count). The van der Waals surface area contributed by atoms with Crippen molar-refractivity contribution in [1.82, 2.24) is 0 Å². The van der Waals surface area contributed by atoms with E-state index in [2.05, 4.69) is 0 Å². The van der Waals surface area contributed by atoms with Crippen molar-refractivity contribution in [2.24, 2.45) is 0 Å². The van der Waals surface area contributed by atoms with Crippen molar-refractivity contribution in [1.29, 1.82) is 0 Å². The summed E-state index contributed by atoms with van der Waals surface area (Å²) in [6, 6.07) is 9.30. The van der Waals surface area contributed by atoms with Crippen LogP contribution in [0, 0.1) is 25.5 Å². The quantitative estimate of drug-likeness (QED) is 0.843. The standard InChI is InChI=1S/C16H16F2OS/c1-10-7-11(2)16(14(18)8-10)15(19)9-20-13-5-3-12(17)4-6-13/h3-8,15,19H,9H2,1-2H3. The molecular formula is C16H16F2OS. The van der Waals surface area contributed by atoms with E-state index in [1.54, 1.807) is 19.1 Å². The Morgan fingerprint density at radius 3 is 2.35 bits per heavy atom. The van der Waals surface area contributed by atoms with E-state index in [9.17, 15) is 13.9 Å². The van der Waals surface area contributed by atoms with Gasteiger partial charge in [0.2, 0.25) is 0 Å². The third-order valence-electron chi connectivity index (χ3n) is 3.04. The van der Waals surface area contributed by atoms with E-state index in [-0.39, 0.29) is 11.6 Å². The molecule has 0 fully saturated rings. The molecule has 4 heteroatoms. The van der Waals surface area contributed by atoms with Crippen LogP contribution in [0.25, 0.3) is 0 Å². The van der Waals surface area contributed by atoms with E-state index in [0.29, 0.717) is 11.3 Å². The summed E-state index contributed by atoms with van der Waals surface area (Å²) in [4.78, 5) is 0.843. The summed E-state index contributed by atoms with van der Waals surface area (Å²) in [5.74, 6) is -0.350. The van der Waals surface area contributed by atoms with Gasteiger partial charge in [-0.25, -0.2) is 8.78 Å². The Kier molecular flexibility index (Phi) is 4.78. The van der Waals surface area contributed by atoms with Gasteiger partial charge in [0.1, 0.15) is 11.6 Å². The van der Waals surface area contributed by atoms with E-state index in [4.69, 9.17) is 0 Å². The molecule has 0 spiro atoms. The van der Waals surface area contributed by atoms with Crippen molar-refractivity contribution in [3.05, 3.63) is 64.7 Å². The molecule has 2 aromatic rings. The summed E-state index contributed by atoms with van der Waals surface area (Å²) < 4.78 is 26.7. The monoisotopic (exact) mass is 294 g/mol. The molecule has 0 amide bonds. The van der Waals surface area contributed by atoms with Gasteiger partial charge in [0, 0.05) is 16.2 Å². The molecule has 0 saturated carbocycles. The lowest BCUT2D eigenvalue weighted by molar-refractivity contribution is 0.198. The number of hydrogen-bond acceptors (Lipinski definition) is 2. The van der Waals surface area contributed by atoms with Crippen LogP contribution in [0.4, 0.5) is 8.78 Å². The number of aliphatic hydroxyl groups is 1. The average molecular weight is 294 g/mol. The zero-order valence-electron chi connectivity index (χ0n) is 11.4. The molecule has 0 aliphatic rings. The highest BCUT2D eigenvalue weighted by Crippen LogP contribution is 2.28. The lowest BCUT2D eigenvalue weighted by Gasteiger charge is -2.15. The summed E-state index contributed by atoms with van der Waals surface area (Å²) in [6.07, 6.45) is -0.884. The van der Waals surface area contributed by atoms with E-state index >= 15 is 0 Å². The fourth-order valence-corrected chi connectivity index (χ4v) is 2.98. The van der Waals surface area contributed by atoms with E-state index in [1.807, 2.05) is 13.0 Å². The lowest BCUT2D eigenvalue weighted by Crippen LogP contribution is -2.06. The number of hydrogen-bond donors (Lipinski definition) is 1. The summed E-state index contributed by atoms with van der Waals surface area (Å²) in [5, 5.41) is 10.2. The van der Waals surface area contributed by atoms with Crippen LogP contribution >= 0.6 is 11.8 Å². The molecule has 1 N–H and O–H groups in total. The first-order valence-electron chi connectivity index (χ1n) is 6.30. The van der Waals surface area contributed by atoms with Crippen molar-refractivity contribution in [2.45, 2.75) is 24.8 Å². The normalized spacial score (nSPS) is 12.4. The maximum Gasteiger partial charge on any atom is 0.129 e. The fraction of sp³-hybridized carbons (Fsp3) is 0.250. The molecule has 0 radical (unpaired) electrons. The predicted octanol–water partition coefficient (Wildman–Crippen LogP) is 4.41. The van der Waals surface area contributed by atoms with Crippen molar-refractivity contribution >= 4 is 11.8 Å². The van der Waals surface area contributed by atoms with Gasteiger partial charge in [-0.15, -0.1) is 11.8 Å². The van der Waals surface area contributed by atoms with Crippen LogP contribution in [0.5, 0.6) is 0 Å². The minimum absolute atomic E-state index is 0.296. The second kappa shape index (κ2) is 6.37. The molecule has 2 aromatic carbocycles. The highest BCUT2D eigenvalue weighted by atomic mass is 32.2. The van der Waals surface area contributed by atoms with E-state index < -0.39 is 6.10 Å². The third-order valence-corrected chi connectivity index (χ3v) is 4.12. The van der Waals surface area contributed by atoms with Gasteiger partial charge in [-0.1, -0.05) is 6.07 Å². The SMILES string of the molecule is Cc1cc(C)c(C(O)CSc2ccc(F)cc2)c(F)c1. The molecular weight excluding hydrogens is 278 g/mol. The Hall–Kier alpha value is -1.39. The molecule has 1 nitrogen and oxygen atoms in total. The Labute approximate surface area is 121 Å². The Bertz CT molecular complexity index is 573. The van der Waals surface area contributed by atoms with Crippen molar-refractivity contribution < 1.29 is 13.9 Å². The number of aryl methyl sites for hydroxylation is 2. The zero-order valence-corrected chi connectivity index (χ0v) is 12.2. The molecule has 1 atom stereocenters. The average Bonchev–Trinajstić information content (AvgIpc) is 2.37. The molecule has 1 unspecified atom stereocenters. The molecule has 0 aliphatic carbocycles. The number of halogens is 2. The first-order valence-corrected chi connectivity index (χ1v) is 7.29. The van der Waals surface area contributed by atoms with Crippen LogP contribution in [0.3, 0.4) is 0 Å². The zero-order chi connectivity index (χ0) is 14.7. The number of aliphatic hydroxyl groups excluding tert-OH is 1. The van der Waals surface area contributed by atoms with Gasteiger partial charge in [0.15, 0.2) is 0 Å². The van der Waals surface area contributed by atoms with Crippen LogP contribution in [-0.2, 0) is 0 Å². The van der Waals surface area contributed by atoms with Gasteiger partial charge in [0.05, 0.1) is 6.10 Å². The molecule has 0 aromatic heterocycles.